The van der Waals surface area contributed by atoms with E-state index >= 15 is 0 Å². The van der Waals surface area contributed by atoms with Gasteiger partial charge >= 0.3 is 5.97 Å². The predicted octanol–water partition coefficient (Wildman–Crippen LogP) is 4.89. The van der Waals surface area contributed by atoms with Crippen LogP contribution in [-0.4, -0.2) is 30.5 Å². The lowest BCUT2D eigenvalue weighted by Gasteiger charge is -2.27. The first-order valence-corrected chi connectivity index (χ1v) is 10.6. The molecule has 5 heteroatoms. The molecule has 1 atom stereocenters. The van der Waals surface area contributed by atoms with Crippen LogP contribution < -0.4 is 5.32 Å². The van der Waals surface area contributed by atoms with Crippen molar-refractivity contribution < 1.29 is 14.3 Å². The van der Waals surface area contributed by atoms with E-state index in [4.69, 9.17) is 4.74 Å². The van der Waals surface area contributed by atoms with Crippen LogP contribution >= 0.6 is 0 Å². The van der Waals surface area contributed by atoms with Gasteiger partial charge in [-0.05, 0) is 33.6 Å². The second-order valence-corrected chi connectivity index (χ2v) is 11.2. The van der Waals surface area contributed by atoms with Gasteiger partial charge in [-0.15, -0.1) is 0 Å². The van der Waals surface area contributed by atoms with Crippen LogP contribution in [0.3, 0.4) is 0 Å². The molecule has 1 heterocycles. The number of aromatic amines is 1. The van der Waals surface area contributed by atoms with Crippen molar-refractivity contribution in [2.45, 2.75) is 91.0 Å². The van der Waals surface area contributed by atoms with E-state index in [0.29, 0.717) is 12.8 Å². The molecule has 1 aromatic carbocycles. The monoisotopic (exact) mass is 414 g/mol. The topological polar surface area (TPSA) is 71.2 Å². The van der Waals surface area contributed by atoms with Crippen molar-refractivity contribution in [3.8, 4) is 0 Å². The molecule has 0 radical (unpaired) electrons. The van der Waals surface area contributed by atoms with Crippen molar-refractivity contribution >= 4 is 23.3 Å². The maximum Gasteiger partial charge on any atom is 0.328 e. The molecular weight excluding hydrogens is 376 g/mol. The van der Waals surface area contributed by atoms with Gasteiger partial charge in [0.25, 0.3) is 0 Å². The van der Waals surface area contributed by atoms with E-state index in [1.54, 1.807) is 0 Å². The number of H-pyrrole nitrogens is 1. The predicted molar refractivity (Wildman–Crippen MR) is 123 cm³/mol. The van der Waals surface area contributed by atoms with Crippen LogP contribution in [0, 0.1) is 0 Å². The van der Waals surface area contributed by atoms with Gasteiger partial charge in [0.1, 0.15) is 6.04 Å². The summed E-state index contributed by atoms with van der Waals surface area (Å²) in [5, 5.41) is 3.78. The number of nitrogens with one attached hydrogen (secondary N) is 2. The van der Waals surface area contributed by atoms with Gasteiger partial charge in [0.05, 0.1) is 7.11 Å². The first kappa shape index (κ1) is 24.0. The molecule has 5 nitrogen and oxygen atoms in total. The summed E-state index contributed by atoms with van der Waals surface area (Å²) in [5.41, 5.74) is 5.47. The van der Waals surface area contributed by atoms with Crippen LogP contribution in [-0.2, 0) is 37.0 Å². The molecule has 1 amide bonds. The molecule has 166 valence electrons. The minimum atomic E-state index is -0.734. The molecule has 2 N–H and O–H groups in total. The van der Waals surface area contributed by atoms with Gasteiger partial charge in [0.2, 0.25) is 6.41 Å². The number of benzene rings is 1. The minimum Gasteiger partial charge on any atom is -0.467 e. The first-order chi connectivity index (χ1) is 13.6. The number of hydrogen-bond acceptors (Lipinski definition) is 3. The highest BCUT2D eigenvalue weighted by Crippen LogP contribution is 2.40. The fourth-order valence-corrected chi connectivity index (χ4v) is 3.91. The zero-order valence-corrected chi connectivity index (χ0v) is 20.2. The Labute approximate surface area is 181 Å². The van der Waals surface area contributed by atoms with Gasteiger partial charge in [-0.2, -0.15) is 0 Å². The van der Waals surface area contributed by atoms with E-state index in [-0.39, 0.29) is 16.2 Å². The summed E-state index contributed by atoms with van der Waals surface area (Å²) >= 11 is 0. The molecule has 0 aliphatic carbocycles. The highest BCUT2D eigenvalue weighted by molar-refractivity contribution is 5.91. The molecule has 0 saturated carbocycles. The first-order valence-electron chi connectivity index (χ1n) is 10.6. The third-order valence-electron chi connectivity index (χ3n) is 5.59. The van der Waals surface area contributed by atoms with Crippen molar-refractivity contribution in [1.29, 1.82) is 0 Å². The number of rotatable bonds is 5. The maximum absolute atomic E-state index is 12.3. The molecule has 0 aliphatic rings. The number of methoxy groups -OCH3 is 1. The van der Waals surface area contributed by atoms with Gasteiger partial charge in [-0.3, -0.25) is 4.79 Å². The third-order valence-corrected chi connectivity index (χ3v) is 5.59. The Kier molecular flexibility index (Phi) is 6.46. The molecule has 2 aromatic rings. The van der Waals surface area contributed by atoms with Crippen LogP contribution in [0.1, 0.15) is 84.7 Å². The SMILES string of the molecule is COC(=O)[C@H](Cc1c(C(C)(C)C)[nH]c2cc(C(C)(C)C)cc(C(C)(C)C)c12)NC=O. The van der Waals surface area contributed by atoms with Gasteiger partial charge in [0, 0.05) is 28.4 Å². The Morgan fingerprint density at radius 1 is 1.03 bits per heavy atom. The number of aromatic nitrogens is 1. The van der Waals surface area contributed by atoms with Crippen LogP contribution in [0.2, 0.25) is 0 Å². The summed E-state index contributed by atoms with van der Waals surface area (Å²) in [5.74, 6) is -0.445. The summed E-state index contributed by atoms with van der Waals surface area (Å²) in [4.78, 5) is 27.2. The molecule has 0 spiro atoms. The number of amides is 1. The number of carbonyl (C=O) groups excluding carboxylic acids is 2. The Balaban J connectivity index is 2.90. The Hall–Kier alpha value is -2.30. The van der Waals surface area contributed by atoms with Gasteiger partial charge in [0.15, 0.2) is 0 Å². The lowest BCUT2D eigenvalue weighted by atomic mass is 9.77. The molecule has 1 aromatic heterocycles. The Morgan fingerprint density at radius 2 is 1.63 bits per heavy atom. The number of fused-ring (bicyclic) bond motifs is 1. The quantitative estimate of drug-likeness (QED) is 0.540. The van der Waals surface area contributed by atoms with E-state index in [1.165, 1.54) is 18.2 Å². The standard InChI is InChI=1S/C25H38N2O3/c1-23(2,3)15-11-17(24(4,5)6)20-16(13-19(26-14-28)22(29)30-10)21(25(7,8)9)27-18(20)12-15/h11-12,14,19,27H,13H2,1-10H3,(H,26,28)/t19-/m0/s1. The normalized spacial score (nSPS) is 13.9. The second kappa shape index (κ2) is 8.09. The van der Waals surface area contributed by atoms with Gasteiger partial charge in [-0.1, -0.05) is 68.4 Å². The molecule has 0 bridgehead atoms. The minimum absolute atomic E-state index is 0.00891. The number of ether oxygens (including phenoxy) is 1. The van der Waals surface area contributed by atoms with Crippen LogP contribution in [0.15, 0.2) is 12.1 Å². The maximum atomic E-state index is 12.3. The van der Waals surface area contributed by atoms with Crippen molar-refractivity contribution in [2.75, 3.05) is 7.11 Å². The van der Waals surface area contributed by atoms with Crippen LogP contribution in [0.25, 0.3) is 10.9 Å². The zero-order chi connectivity index (χ0) is 23.1. The summed E-state index contributed by atoms with van der Waals surface area (Å²) in [6.07, 6.45) is 0.936. The van der Waals surface area contributed by atoms with E-state index in [2.05, 4.69) is 84.7 Å². The Morgan fingerprint density at radius 3 is 2.07 bits per heavy atom. The van der Waals surface area contributed by atoms with Crippen molar-refractivity contribution in [3.63, 3.8) is 0 Å². The highest BCUT2D eigenvalue weighted by atomic mass is 16.5. The number of hydrogen-bond donors (Lipinski definition) is 2. The summed E-state index contributed by atoms with van der Waals surface area (Å²) in [6, 6.07) is 3.79. The molecule has 0 unspecified atom stereocenters. The molecule has 2 rings (SSSR count). The number of carbonyl (C=O) groups is 2. The van der Waals surface area contributed by atoms with E-state index in [0.717, 1.165) is 22.2 Å². The second-order valence-electron chi connectivity index (χ2n) is 11.2. The van der Waals surface area contributed by atoms with Crippen LogP contribution in [0.4, 0.5) is 0 Å². The fourth-order valence-electron chi connectivity index (χ4n) is 3.91. The molecule has 0 saturated heterocycles. The zero-order valence-electron chi connectivity index (χ0n) is 20.2. The van der Waals surface area contributed by atoms with Crippen molar-refractivity contribution in [2.24, 2.45) is 0 Å². The average Bonchev–Trinajstić information content (AvgIpc) is 2.97. The van der Waals surface area contributed by atoms with E-state index in [1.807, 2.05) is 0 Å². The van der Waals surface area contributed by atoms with Crippen LogP contribution in [0.5, 0.6) is 0 Å². The average molecular weight is 415 g/mol. The molecule has 0 aliphatic heterocycles. The highest BCUT2D eigenvalue weighted by Gasteiger charge is 2.31. The van der Waals surface area contributed by atoms with Crippen molar-refractivity contribution in [3.05, 3.63) is 34.5 Å². The molecular formula is C25H38N2O3. The Bertz CT molecular complexity index is 934. The van der Waals surface area contributed by atoms with Gasteiger partial charge in [-0.25, -0.2) is 4.79 Å². The van der Waals surface area contributed by atoms with E-state index in [9.17, 15) is 9.59 Å². The fraction of sp³-hybridized carbons (Fsp3) is 0.600. The van der Waals surface area contributed by atoms with E-state index < -0.39 is 12.0 Å². The summed E-state index contributed by atoms with van der Waals surface area (Å²) in [7, 11) is 1.35. The lowest BCUT2D eigenvalue weighted by Crippen LogP contribution is -2.39. The molecule has 30 heavy (non-hydrogen) atoms. The largest absolute Gasteiger partial charge is 0.467 e. The smallest absolute Gasteiger partial charge is 0.328 e. The number of esters is 1. The van der Waals surface area contributed by atoms with Gasteiger partial charge < -0.3 is 15.0 Å². The van der Waals surface area contributed by atoms with Crippen molar-refractivity contribution in [1.82, 2.24) is 10.3 Å². The lowest BCUT2D eigenvalue weighted by molar-refractivity contribution is -0.144. The summed E-state index contributed by atoms with van der Waals surface area (Å²) in [6.45, 7) is 19.8. The molecule has 0 fully saturated rings. The third kappa shape index (κ3) is 4.88. The summed E-state index contributed by atoms with van der Waals surface area (Å²) < 4.78 is 4.94.